The number of nitrogens with zero attached hydrogens (tertiary/aromatic N) is 1. The van der Waals surface area contributed by atoms with Gasteiger partial charge in [0.25, 0.3) is 5.91 Å². The van der Waals surface area contributed by atoms with Crippen LogP contribution >= 0.6 is 11.6 Å². The minimum atomic E-state index is 0.0907. The molecular formula is C14H19ClN2O. The number of likely N-dealkylation sites (tertiary alicyclic amines) is 1. The van der Waals surface area contributed by atoms with Crippen LogP contribution in [0.4, 0.5) is 0 Å². The van der Waals surface area contributed by atoms with Gasteiger partial charge in [-0.05, 0) is 56.0 Å². The second-order valence-electron chi connectivity index (χ2n) is 4.96. The lowest BCUT2D eigenvalue weighted by Gasteiger charge is -2.32. The van der Waals surface area contributed by atoms with Gasteiger partial charge in [-0.25, -0.2) is 0 Å². The third-order valence-electron chi connectivity index (χ3n) is 3.54. The molecule has 0 saturated carbocycles. The summed E-state index contributed by atoms with van der Waals surface area (Å²) >= 11 is 5.98. The molecule has 0 aliphatic carbocycles. The van der Waals surface area contributed by atoms with Crippen molar-refractivity contribution in [2.75, 3.05) is 19.6 Å². The summed E-state index contributed by atoms with van der Waals surface area (Å²) in [6.45, 7) is 4.18. The van der Waals surface area contributed by atoms with Gasteiger partial charge >= 0.3 is 0 Å². The van der Waals surface area contributed by atoms with Crippen LogP contribution in [0, 0.1) is 12.8 Å². The van der Waals surface area contributed by atoms with Crippen molar-refractivity contribution in [3.63, 3.8) is 0 Å². The van der Waals surface area contributed by atoms with Gasteiger partial charge in [0.15, 0.2) is 0 Å². The first-order valence-corrected chi connectivity index (χ1v) is 6.75. The van der Waals surface area contributed by atoms with Crippen molar-refractivity contribution in [3.05, 3.63) is 34.3 Å². The lowest BCUT2D eigenvalue weighted by atomic mass is 9.97. The van der Waals surface area contributed by atoms with Gasteiger partial charge in [0.2, 0.25) is 0 Å². The van der Waals surface area contributed by atoms with Crippen molar-refractivity contribution in [2.24, 2.45) is 11.7 Å². The number of carbonyl (C=O) groups is 1. The number of halogens is 1. The van der Waals surface area contributed by atoms with Gasteiger partial charge in [-0.3, -0.25) is 4.79 Å². The van der Waals surface area contributed by atoms with E-state index in [2.05, 4.69) is 0 Å². The fourth-order valence-corrected chi connectivity index (χ4v) is 2.52. The molecule has 2 rings (SSSR count). The van der Waals surface area contributed by atoms with Crippen molar-refractivity contribution in [1.82, 2.24) is 4.90 Å². The summed E-state index contributed by atoms with van der Waals surface area (Å²) in [4.78, 5) is 14.3. The lowest BCUT2D eigenvalue weighted by molar-refractivity contribution is 0.0678. The van der Waals surface area contributed by atoms with E-state index in [4.69, 9.17) is 17.3 Å². The molecule has 1 fully saturated rings. The van der Waals surface area contributed by atoms with Gasteiger partial charge in [-0.1, -0.05) is 11.6 Å². The highest BCUT2D eigenvalue weighted by Crippen LogP contribution is 2.20. The number of nitrogens with two attached hydrogens (primary N) is 1. The molecule has 0 aromatic heterocycles. The number of hydrogen-bond donors (Lipinski definition) is 1. The van der Waals surface area contributed by atoms with Gasteiger partial charge < -0.3 is 10.6 Å². The molecule has 4 heteroatoms. The van der Waals surface area contributed by atoms with Crippen LogP contribution < -0.4 is 5.73 Å². The van der Waals surface area contributed by atoms with Crippen molar-refractivity contribution in [2.45, 2.75) is 19.8 Å². The van der Waals surface area contributed by atoms with Crippen molar-refractivity contribution < 1.29 is 4.79 Å². The second-order valence-corrected chi connectivity index (χ2v) is 5.37. The van der Waals surface area contributed by atoms with Gasteiger partial charge in [0.1, 0.15) is 0 Å². The number of benzene rings is 1. The summed E-state index contributed by atoms with van der Waals surface area (Å²) in [6.07, 6.45) is 2.17. The minimum Gasteiger partial charge on any atom is -0.338 e. The van der Waals surface area contributed by atoms with Crippen molar-refractivity contribution in [3.8, 4) is 0 Å². The van der Waals surface area contributed by atoms with Gasteiger partial charge in [-0.2, -0.15) is 0 Å². The molecule has 1 heterocycles. The summed E-state index contributed by atoms with van der Waals surface area (Å²) in [6, 6.07) is 5.44. The standard InChI is InChI=1S/C14H19ClN2O/c1-10-7-12(4-5-13(10)15)14(18)17-6-2-3-11(8-16)9-17/h4-5,7,11H,2-3,6,8-9,16H2,1H3. The predicted molar refractivity (Wildman–Crippen MR) is 73.9 cm³/mol. The summed E-state index contributed by atoms with van der Waals surface area (Å²) in [5.41, 5.74) is 7.35. The van der Waals surface area contributed by atoms with E-state index in [1.807, 2.05) is 17.9 Å². The molecule has 1 unspecified atom stereocenters. The quantitative estimate of drug-likeness (QED) is 0.894. The molecule has 0 spiro atoms. The molecule has 2 N–H and O–H groups in total. The monoisotopic (exact) mass is 266 g/mol. The van der Waals surface area contributed by atoms with Crippen LogP contribution in [0.15, 0.2) is 18.2 Å². The first-order chi connectivity index (χ1) is 8.61. The topological polar surface area (TPSA) is 46.3 Å². The number of aryl methyl sites for hydroxylation is 1. The fraction of sp³-hybridized carbons (Fsp3) is 0.500. The number of hydrogen-bond acceptors (Lipinski definition) is 2. The molecule has 3 nitrogen and oxygen atoms in total. The molecule has 1 aliphatic rings. The first kappa shape index (κ1) is 13.4. The molecule has 1 amide bonds. The summed E-state index contributed by atoms with van der Waals surface area (Å²) in [7, 11) is 0. The molecule has 98 valence electrons. The van der Waals surface area contributed by atoms with Gasteiger partial charge in [0, 0.05) is 23.7 Å². The number of piperidine rings is 1. The van der Waals surface area contributed by atoms with Gasteiger partial charge in [0.05, 0.1) is 0 Å². The fourth-order valence-electron chi connectivity index (χ4n) is 2.40. The Hall–Kier alpha value is -1.06. The van der Waals surface area contributed by atoms with E-state index in [1.54, 1.807) is 12.1 Å². The highest BCUT2D eigenvalue weighted by atomic mass is 35.5. The molecular weight excluding hydrogens is 248 g/mol. The Morgan fingerprint density at radius 1 is 1.56 bits per heavy atom. The first-order valence-electron chi connectivity index (χ1n) is 6.37. The Balaban J connectivity index is 2.12. The Bertz CT molecular complexity index is 447. The van der Waals surface area contributed by atoms with Crippen LogP contribution in [-0.4, -0.2) is 30.4 Å². The van der Waals surface area contributed by atoms with Crippen LogP contribution in [0.3, 0.4) is 0 Å². The van der Waals surface area contributed by atoms with E-state index in [1.165, 1.54) is 0 Å². The summed E-state index contributed by atoms with van der Waals surface area (Å²) in [5.74, 6) is 0.531. The van der Waals surface area contributed by atoms with E-state index < -0.39 is 0 Å². The molecule has 0 radical (unpaired) electrons. The molecule has 1 aliphatic heterocycles. The van der Waals surface area contributed by atoms with E-state index in [-0.39, 0.29) is 5.91 Å². The van der Waals surface area contributed by atoms with Crippen LogP contribution in [0.25, 0.3) is 0 Å². The molecule has 1 aromatic rings. The predicted octanol–water partition coefficient (Wildman–Crippen LogP) is 2.46. The largest absolute Gasteiger partial charge is 0.338 e. The molecule has 0 bridgehead atoms. The maximum atomic E-state index is 12.4. The Morgan fingerprint density at radius 2 is 2.33 bits per heavy atom. The second kappa shape index (κ2) is 5.72. The molecule has 1 aromatic carbocycles. The molecule has 1 atom stereocenters. The lowest BCUT2D eigenvalue weighted by Crippen LogP contribution is -2.42. The van der Waals surface area contributed by atoms with E-state index in [0.717, 1.165) is 37.1 Å². The number of amides is 1. The average Bonchev–Trinajstić information content (AvgIpc) is 2.41. The smallest absolute Gasteiger partial charge is 0.253 e. The SMILES string of the molecule is Cc1cc(C(=O)N2CCCC(CN)C2)ccc1Cl. The van der Waals surface area contributed by atoms with Gasteiger partial charge in [-0.15, -0.1) is 0 Å². The summed E-state index contributed by atoms with van der Waals surface area (Å²) < 4.78 is 0. The highest BCUT2D eigenvalue weighted by Gasteiger charge is 2.23. The van der Waals surface area contributed by atoms with E-state index >= 15 is 0 Å². The maximum absolute atomic E-state index is 12.4. The van der Waals surface area contributed by atoms with Crippen molar-refractivity contribution in [1.29, 1.82) is 0 Å². The molecule has 18 heavy (non-hydrogen) atoms. The Labute approximate surface area is 113 Å². The van der Waals surface area contributed by atoms with E-state index in [0.29, 0.717) is 17.5 Å². The molecule has 1 saturated heterocycles. The zero-order valence-electron chi connectivity index (χ0n) is 10.7. The highest BCUT2D eigenvalue weighted by molar-refractivity contribution is 6.31. The normalized spacial score (nSPS) is 19.9. The summed E-state index contributed by atoms with van der Waals surface area (Å²) in [5, 5.41) is 0.699. The van der Waals surface area contributed by atoms with E-state index in [9.17, 15) is 4.79 Å². The number of carbonyl (C=O) groups excluding carboxylic acids is 1. The van der Waals surface area contributed by atoms with Crippen LogP contribution in [0.2, 0.25) is 5.02 Å². The van der Waals surface area contributed by atoms with Crippen molar-refractivity contribution >= 4 is 17.5 Å². The number of rotatable bonds is 2. The zero-order chi connectivity index (χ0) is 13.1. The third-order valence-corrected chi connectivity index (χ3v) is 3.97. The van der Waals surface area contributed by atoms with Crippen LogP contribution in [0.5, 0.6) is 0 Å². The van der Waals surface area contributed by atoms with Crippen LogP contribution in [0.1, 0.15) is 28.8 Å². The zero-order valence-corrected chi connectivity index (χ0v) is 11.4. The third kappa shape index (κ3) is 2.85. The van der Waals surface area contributed by atoms with Crippen LogP contribution in [-0.2, 0) is 0 Å². The Kier molecular flexibility index (Phi) is 4.25. The maximum Gasteiger partial charge on any atom is 0.253 e. The minimum absolute atomic E-state index is 0.0907. The average molecular weight is 267 g/mol. The Morgan fingerprint density at radius 3 is 3.00 bits per heavy atom.